The highest BCUT2D eigenvalue weighted by molar-refractivity contribution is 6.08. The van der Waals surface area contributed by atoms with Crippen LogP contribution in [0.15, 0.2) is 115 Å². The number of benzene rings is 4. The molecule has 0 bridgehead atoms. The molecule has 0 unspecified atom stereocenters. The van der Waals surface area contributed by atoms with Gasteiger partial charge in [0.05, 0.1) is 11.0 Å². The minimum absolute atomic E-state index is 0.0725. The molecule has 7 aromatic rings. The smallest absolute Gasteiger partial charge is 0.164 e. The van der Waals surface area contributed by atoms with Crippen LogP contribution in [-0.4, -0.2) is 24.9 Å². The number of pyridine rings is 2. The molecule has 0 spiro atoms. The van der Waals surface area contributed by atoms with Crippen LogP contribution in [0.1, 0.15) is 52.9 Å². The minimum atomic E-state index is -0.159. The van der Waals surface area contributed by atoms with Gasteiger partial charge in [0, 0.05) is 49.7 Å². The van der Waals surface area contributed by atoms with Gasteiger partial charge in [-0.05, 0) is 29.3 Å². The van der Waals surface area contributed by atoms with Gasteiger partial charge in [0.15, 0.2) is 17.5 Å². The zero-order valence-corrected chi connectivity index (χ0v) is 27.2. The van der Waals surface area contributed by atoms with E-state index in [0.29, 0.717) is 17.5 Å². The summed E-state index contributed by atoms with van der Waals surface area (Å²) >= 11 is 0. The molecular formula is C41H37N5. The molecule has 0 atom stereocenters. The molecular weight excluding hydrogens is 562 g/mol. The Kier molecular flexibility index (Phi) is 7.20. The van der Waals surface area contributed by atoms with Crippen molar-refractivity contribution in [2.75, 3.05) is 0 Å². The normalized spacial score (nSPS) is 12.1. The maximum absolute atomic E-state index is 5.26. The zero-order chi connectivity index (χ0) is 32.1. The van der Waals surface area contributed by atoms with Crippen molar-refractivity contribution in [3.63, 3.8) is 0 Å². The van der Waals surface area contributed by atoms with E-state index in [1.54, 1.807) is 0 Å². The average molecular weight is 600 g/mol. The van der Waals surface area contributed by atoms with Gasteiger partial charge < -0.3 is 0 Å². The molecule has 0 amide bonds. The second kappa shape index (κ2) is 11.3. The molecule has 0 fully saturated rings. The fourth-order valence-electron chi connectivity index (χ4n) is 5.68. The summed E-state index contributed by atoms with van der Waals surface area (Å²) < 4.78 is 0. The Morgan fingerprint density at radius 1 is 0.391 bits per heavy atom. The number of nitrogens with zero attached hydrogens (tertiary/aromatic N) is 5. The van der Waals surface area contributed by atoms with Crippen molar-refractivity contribution in [1.29, 1.82) is 0 Å². The van der Waals surface area contributed by atoms with E-state index in [0.717, 1.165) is 61.0 Å². The third-order valence-corrected chi connectivity index (χ3v) is 8.31. The fourth-order valence-corrected chi connectivity index (χ4v) is 5.68. The molecule has 7 rings (SSSR count). The Morgan fingerprint density at radius 3 is 1.48 bits per heavy atom. The maximum Gasteiger partial charge on any atom is 0.164 e. The molecule has 3 aromatic heterocycles. The van der Waals surface area contributed by atoms with Gasteiger partial charge in [-0.15, -0.1) is 0 Å². The van der Waals surface area contributed by atoms with Crippen LogP contribution < -0.4 is 0 Å². The lowest BCUT2D eigenvalue weighted by atomic mass is 9.87. The van der Waals surface area contributed by atoms with Crippen molar-refractivity contribution in [3.05, 3.63) is 127 Å². The highest BCUT2D eigenvalue weighted by Crippen LogP contribution is 2.37. The summed E-state index contributed by atoms with van der Waals surface area (Å²) in [7, 11) is 0. The standard InChI is InChI=1S/C41H37N5/c1-40(2,3)33-23-21-26-20-22-31-32(25-34(41(4,5)6)43-36(31)35(26)42-33)29-18-13-19-30(24-29)39-45-37(27-14-9-7-10-15-27)44-38(46-39)28-16-11-8-12-17-28/h7-25H,1-6H3. The molecule has 46 heavy (non-hydrogen) atoms. The van der Waals surface area contributed by atoms with Crippen LogP contribution in [0.25, 0.3) is 67.1 Å². The first-order valence-electron chi connectivity index (χ1n) is 15.8. The number of hydrogen-bond acceptors (Lipinski definition) is 5. The maximum atomic E-state index is 5.26. The van der Waals surface area contributed by atoms with Gasteiger partial charge in [-0.2, -0.15) is 0 Å². The van der Waals surface area contributed by atoms with E-state index < -0.39 is 0 Å². The van der Waals surface area contributed by atoms with Crippen LogP contribution in [0.2, 0.25) is 0 Å². The first-order valence-corrected chi connectivity index (χ1v) is 15.8. The fraction of sp³-hybridized carbons (Fsp3) is 0.195. The average Bonchev–Trinajstić information content (AvgIpc) is 3.07. The van der Waals surface area contributed by atoms with Gasteiger partial charge in [-0.1, -0.05) is 139 Å². The second-order valence-electron chi connectivity index (χ2n) is 13.9. The topological polar surface area (TPSA) is 64.5 Å². The van der Waals surface area contributed by atoms with Crippen LogP contribution in [0.4, 0.5) is 0 Å². The van der Waals surface area contributed by atoms with Crippen molar-refractivity contribution in [1.82, 2.24) is 24.9 Å². The van der Waals surface area contributed by atoms with Crippen molar-refractivity contribution in [2.45, 2.75) is 52.4 Å². The van der Waals surface area contributed by atoms with Crippen LogP contribution >= 0.6 is 0 Å². The molecule has 0 saturated carbocycles. The molecule has 0 N–H and O–H groups in total. The van der Waals surface area contributed by atoms with Crippen molar-refractivity contribution in [2.24, 2.45) is 0 Å². The Hall–Kier alpha value is -5.29. The highest BCUT2D eigenvalue weighted by Gasteiger charge is 2.22. The summed E-state index contributed by atoms with van der Waals surface area (Å²) in [6, 6.07) is 39.5. The zero-order valence-electron chi connectivity index (χ0n) is 27.2. The van der Waals surface area contributed by atoms with Crippen molar-refractivity contribution in [3.8, 4) is 45.3 Å². The first kappa shape index (κ1) is 29.4. The molecule has 0 radical (unpaired) electrons. The lowest BCUT2D eigenvalue weighted by Gasteiger charge is -2.22. The number of rotatable bonds is 4. The molecule has 0 aliphatic carbocycles. The summed E-state index contributed by atoms with van der Waals surface area (Å²) in [5.74, 6) is 1.92. The van der Waals surface area contributed by atoms with Gasteiger partial charge >= 0.3 is 0 Å². The molecule has 3 heterocycles. The van der Waals surface area contributed by atoms with Crippen molar-refractivity contribution < 1.29 is 0 Å². The SMILES string of the molecule is CC(C)(C)c1ccc2ccc3c(-c4cccc(-c5nc(-c6ccccc6)nc(-c6ccccc6)n5)c4)cc(C(C)(C)C)nc3c2n1. The van der Waals surface area contributed by atoms with E-state index in [4.69, 9.17) is 24.9 Å². The molecule has 5 nitrogen and oxygen atoms in total. The van der Waals surface area contributed by atoms with Crippen molar-refractivity contribution >= 4 is 21.8 Å². The third kappa shape index (κ3) is 5.65. The summed E-state index contributed by atoms with van der Waals surface area (Å²) in [4.78, 5) is 25.3. The van der Waals surface area contributed by atoms with Gasteiger partial charge in [0.2, 0.25) is 0 Å². The lowest BCUT2D eigenvalue weighted by Crippen LogP contribution is -2.15. The number of fused-ring (bicyclic) bond motifs is 3. The second-order valence-corrected chi connectivity index (χ2v) is 13.9. The minimum Gasteiger partial charge on any atom is -0.250 e. The molecule has 5 heteroatoms. The summed E-state index contributed by atoms with van der Waals surface area (Å²) in [5, 5.41) is 2.16. The first-order chi connectivity index (χ1) is 22.0. The van der Waals surface area contributed by atoms with E-state index >= 15 is 0 Å². The predicted octanol–water partition coefficient (Wildman–Crippen LogP) is 10.2. The molecule has 0 saturated heterocycles. The van der Waals surface area contributed by atoms with Gasteiger partial charge in [-0.3, -0.25) is 0 Å². The monoisotopic (exact) mass is 599 g/mol. The molecule has 0 aliphatic rings. The predicted molar refractivity (Wildman–Crippen MR) is 190 cm³/mol. The largest absolute Gasteiger partial charge is 0.250 e. The summed E-state index contributed by atoms with van der Waals surface area (Å²) in [6.45, 7) is 13.2. The van der Waals surface area contributed by atoms with Crippen LogP contribution in [0.3, 0.4) is 0 Å². The third-order valence-electron chi connectivity index (χ3n) is 8.31. The number of hydrogen-bond donors (Lipinski definition) is 0. The molecule has 4 aromatic carbocycles. The van der Waals surface area contributed by atoms with E-state index in [2.05, 4.69) is 96.1 Å². The Bertz CT molecular complexity index is 2150. The van der Waals surface area contributed by atoms with E-state index in [-0.39, 0.29) is 10.8 Å². The quantitative estimate of drug-likeness (QED) is 0.188. The van der Waals surface area contributed by atoms with Crippen LogP contribution in [0.5, 0.6) is 0 Å². The number of aromatic nitrogens is 5. The van der Waals surface area contributed by atoms with Crippen LogP contribution in [-0.2, 0) is 10.8 Å². The lowest BCUT2D eigenvalue weighted by molar-refractivity contribution is 0.570. The molecule has 226 valence electrons. The Balaban J connectivity index is 1.45. The van der Waals surface area contributed by atoms with Gasteiger partial charge in [0.25, 0.3) is 0 Å². The Morgan fingerprint density at radius 2 is 0.891 bits per heavy atom. The van der Waals surface area contributed by atoms with Gasteiger partial charge in [-0.25, -0.2) is 24.9 Å². The Labute approximate surface area is 270 Å². The van der Waals surface area contributed by atoms with E-state index in [1.807, 2.05) is 60.7 Å². The van der Waals surface area contributed by atoms with E-state index in [9.17, 15) is 0 Å². The molecule has 0 aliphatic heterocycles. The summed E-state index contributed by atoms with van der Waals surface area (Å²) in [6.07, 6.45) is 0. The highest BCUT2D eigenvalue weighted by atomic mass is 15.0. The van der Waals surface area contributed by atoms with E-state index in [1.165, 1.54) is 0 Å². The van der Waals surface area contributed by atoms with Crippen LogP contribution in [0, 0.1) is 0 Å². The summed E-state index contributed by atoms with van der Waals surface area (Å²) in [5.41, 5.74) is 8.71. The van der Waals surface area contributed by atoms with Gasteiger partial charge in [0.1, 0.15) is 0 Å².